The molecule has 0 saturated carbocycles. The minimum atomic E-state index is -0.472. The third-order valence-electron chi connectivity index (χ3n) is 3.75. The summed E-state index contributed by atoms with van der Waals surface area (Å²) >= 11 is 6.00. The van der Waals surface area contributed by atoms with Crippen LogP contribution in [0.5, 0.6) is 5.75 Å². The molecule has 2 aromatic rings. The van der Waals surface area contributed by atoms with Crippen LogP contribution in [0.1, 0.15) is 0 Å². The highest BCUT2D eigenvalue weighted by Gasteiger charge is 2.17. The van der Waals surface area contributed by atoms with Gasteiger partial charge < -0.3 is 9.47 Å². The lowest BCUT2D eigenvalue weighted by molar-refractivity contribution is 0.0323. The van der Waals surface area contributed by atoms with E-state index in [2.05, 4.69) is 4.90 Å². The molecule has 6 heteroatoms. The van der Waals surface area contributed by atoms with Gasteiger partial charge in [0.15, 0.2) is 0 Å². The second-order valence-corrected chi connectivity index (χ2v) is 5.63. The Morgan fingerprint density at radius 3 is 2.59 bits per heavy atom. The summed E-state index contributed by atoms with van der Waals surface area (Å²) in [5, 5.41) is 0.531. The molecule has 22 heavy (non-hydrogen) atoms. The Labute approximate surface area is 132 Å². The molecule has 0 radical (unpaired) electrons. The first-order valence-electron chi connectivity index (χ1n) is 7.18. The molecule has 5 nitrogen and oxygen atoms in total. The van der Waals surface area contributed by atoms with Crippen LogP contribution in [0.25, 0.3) is 11.1 Å². The van der Waals surface area contributed by atoms with Crippen LogP contribution >= 0.6 is 11.6 Å². The van der Waals surface area contributed by atoms with Crippen molar-refractivity contribution in [3.8, 4) is 16.9 Å². The van der Waals surface area contributed by atoms with Gasteiger partial charge in [0.2, 0.25) is 10.9 Å². The summed E-state index contributed by atoms with van der Waals surface area (Å²) in [5.41, 5.74) is 0.0728. The van der Waals surface area contributed by atoms with Gasteiger partial charge in [0.1, 0.15) is 12.4 Å². The summed E-state index contributed by atoms with van der Waals surface area (Å²) in [6, 6.07) is 6.40. The quantitative estimate of drug-likeness (QED) is 0.777. The van der Waals surface area contributed by atoms with Gasteiger partial charge in [-0.2, -0.15) is 0 Å². The number of halogens is 1. The number of nitrogens with zero attached hydrogens (tertiary/aromatic N) is 1. The van der Waals surface area contributed by atoms with Gasteiger partial charge in [-0.25, -0.2) is 0 Å². The average Bonchev–Trinajstić information content (AvgIpc) is 2.54. The SMILES string of the molecule is O=c1cc(-c2ccc(Cl)cc2OCCN2CCOCC2)c1=O. The lowest BCUT2D eigenvalue weighted by atomic mass is 10.0. The van der Waals surface area contributed by atoms with Gasteiger partial charge in [0.25, 0.3) is 0 Å². The fraction of sp³-hybridized carbons (Fsp3) is 0.375. The van der Waals surface area contributed by atoms with Crippen molar-refractivity contribution in [2.75, 3.05) is 39.5 Å². The maximum absolute atomic E-state index is 11.6. The molecule has 3 rings (SSSR count). The monoisotopic (exact) mass is 321 g/mol. The summed E-state index contributed by atoms with van der Waals surface area (Å²) in [5.74, 6) is 0.535. The first-order valence-corrected chi connectivity index (χ1v) is 7.56. The Bertz CT molecular complexity index is 730. The van der Waals surface area contributed by atoms with Crippen LogP contribution in [0.2, 0.25) is 5.02 Å². The number of hydrogen-bond acceptors (Lipinski definition) is 5. The van der Waals surface area contributed by atoms with Gasteiger partial charge >= 0.3 is 0 Å². The van der Waals surface area contributed by atoms with Gasteiger partial charge in [-0.1, -0.05) is 11.6 Å². The highest BCUT2D eigenvalue weighted by molar-refractivity contribution is 6.30. The molecule has 0 spiro atoms. The largest absolute Gasteiger partial charge is 0.492 e. The molecule has 0 bridgehead atoms. The van der Waals surface area contributed by atoms with Gasteiger partial charge in [-0.05, 0) is 18.2 Å². The van der Waals surface area contributed by atoms with Gasteiger partial charge in [-0.15, -0.1) is 0 Å². The molecule has 1 aliphatic rings. The minimum Gasteiger partial charge on any atom is -0.492 e. The lowest BCUT2D eigenvalue weighted by Gasteiger charge is -2.26. The van der Waals surface area contributed by atoms with Crippen molar-refractivity contribution in [3.05, 3.63) is 49.7 Å². The summed E-state index contributed by atoms with van der Waals surface area (Å²) in [6.07, 6.45) is 0. The van der Waals surface area contributed by atoms with Crippen LogP contribution in [-0.2, 0) is 4.74 Å². The van der Waals surface area contributed by atoms with Crippen LogP contribution in [0.3, 0.4) is 0 Å². The highest BCUT2D eigenvalue weighted by atomic mass is 35.5. The molecule has 0 unspecified atom stereocenters. The molecule has 1 fully saturated rings. The standard InChI is InChI=1S/C16H16ClNO4/c17-11-1-2-12(13-10-14(19)16(13)20)15(9-11)22-8-5-18-3-6-21-7-4-18/h1-2,9-10H,3-8H2. The summed E-state index contributed by atoms with van der Waals surface area (Å²) in [6.45, 7) is 4.54. The van der Waals surface area contributed by atoms with E-state index in [1.54, 1.807) is 18.2 Å². The molecule has 0 N–H and O–H groups in total. The summed E-state index contributed by atoms with van der Waals surface area (Å²) < 4.78 is 11.1. The smallest absolute Gasteiger partial charge is 0.233 e. The van der Waals surface area contributed by atoms with Crippen molar-refractivity contribution in [2.45, 2.75) is 0 Å². The van der Waals surface area contributed by atoms with Crippen LogP contribution in [0.15, 0.2) is 33.9 Å². The molecule has 2 aromatic carbocycles. The van der Waals surface area contributed by atoms with Crippen molar-refractivity contribution in [2.24, 2.45) is 0 Å². The van der Waals surface area contributed by atoms with E-state index >= 15 is 0 Å². The second-order valence-electron chi connectivity index (χ2n) is 5.19. The molecule has 1 aliphatic heterocycles. The van der Waals surface area contributed by atoms with E-state index in [0.717, 1.165) is 32.8 Å². The summed E-state index contributed by atoms with van der Waals surface area (Å²) in [7, 11) is 0. The fourth-order valence-corrected chi connectivity index (χ4v) is 2.63. The Balaban J connectivity index is 1.70. The zero-order valence-corrected chi connectivity index (χ0v) is 12.8. The fourth-order valence-electron chi connectivity index (χ4n) is 2.46. The van der Waals surface area contributed by atoms with E-state index in [4.69, 9.17) is 21.1 Å². The Morgan fingerprint density at radius 1 is 1.14 bits per heavy atom. The number of benzene rings is 1. The molecule has 0 atom stereocenters. The first-order chi connectivity index (χ1) is 10.6. The number of ether oxygens (including phenoxy) is 2. The Morgan fingerprint density at radius 2 is 1.91 bits per heavy atom. The summed E-state index contributed by atoms with van der Waals surface area (Å²) in [4.78, 5) is 24.9. The van der Waals surface area contributed by atoms with Crippen LogP contribution < -0.4 is 15.6 Å². The van der Waals surface area contributed by atoms with E-state index in [0.29, 0.717) is 28.5 Å². The maximum atomic E-state index is 11.6. The van der Waals surface area contributed by atoms with Crippen molar-refractivity contribution in [1.82, 2.24) is 4.90 Å². The van der Waals surface area contributed by atoms with Crippen LogP contribution in [0.4, 0.5) is 0 Å². The van der Waals surface area contributed by atoms with Crippen LogP contribution in [0, 0.1) is 0 Å². The molecule has 1 saturated heterocycles. The molecule has 1 heterocycles. The van der Waals surface area contributed by atoms with Gasteiger partial charge in [0.05, 0.1) is 13.2 Å². The van der Waals surface area contributed by atoms with Crippen LogP contribution in [-0.4, -0.2) is 44.4 Å². The topological polar surface area (TPSA) is 55.8 Å². The normalized spacial score (nSPS) is 16.0. The number of hydrogen-bond donors (Lipinski definition) is 0. The molecule has 0 amide bonds. The molecule has 0 aliphatic carbocycles. The number of morpholine rings is 1. The van der Waals surface area contributed by atoms with E-state index in [-0.39, 0.29) is 0 Å². The van der Waals surface area contributed by atoms with Crippen molar-refractivity contribution >= 4 is 11.6 Å². The lowest BCUT2D eigenvalue weighted by Crippen LogP contribution is -2.38. The second kappa shape index (κ2) is 6.60. The molecular weight excluding hydrogens is 306 g/mol. The van der Waals surface area contributed by atoms with E-state index in [1.165, 1.54) is 6.07 Å². The van der Waals surface area contributed by atoms with Crippen molar-refractivity contribution in [1.29, 1.82) is 0 Å². The first kappa shape index (κ1) is 15.2. The van der Waals surface area contributed by atoms with Crippen molar-refractivity contribution < 1.29 is 9.47 Å². The maximum Gasteiger partial charge on any atom is 0.233 e. The minimum absolute atomic E-state index is 0.392. The van der Waals surface area contributed by atoms with E-state index in [1.807, 2.05) is 0 Å². The zero-order chi connectivity index (χ0) is 15.5. The Kier molecular flexibility index (Phi) is 4.57. The third kappa shape index (κ3) is 3.21. The van der Waals surface area contributed by atoms with E-state index < -0.39 is 10.9 Å². The van der Waals surface area contributed by atoms with Gasteiger partial charge in [0, 0.05) is 41.9 Å². The predicted molar refractivity (Wildman–Crippen MR) is 84.6 cm³/mol. The molecule has 116 valence electrons. The molecular formula is C16H16ClNO4. The Hall–Kier alpha value is -1.69. The number of rotatable bonds is 5. The van der Waals surface area contributed by atoms with Gasteiger partial charge in [-0.3, -0.25) is 14.5 Å². The predicted octanol–water partition coefficient (Wildman–Crippen LogP) is 1.31. The third-order valence-corrected chi connectivity index (χ3v) is 3.98. The molecule has 0 aromatic heterocycles. The zero-order valence-electron chi connectivity index (χ0n) is 12.0. The highest BCUT2D eigenvalue weighted by Crippen LogP contribution is 2.30. The average molecular weight is 322 g/mol. The van der Waals surface area contributed by atoms with E-state index in [9.17, 15) is 9.59 Å². The van der Waals surface area contributed by atoms with Crippen molar-refractivity contribution in [3.63, 3.8) is 0 Å².